The van der Waals surface area contributed by atoms with Gasteiger partial charge in [-0.3, -0.25) is 4.79 Å². The van der Waals surface area contributed by atoms with Gasteiger partial charge in [0.2, 0.25) is 0 Å². The summed E-state index contributed by atoms with van der Waals surface area (Å²) in [5.41, 5.74) is -0.667. The minimum absolute atomic E-state index is 0.0409. The number of amides is 1. The highest BCUT2D eigenvalue weighted by Gasteiger charge is 2.39. The van der Waals surface area contributed by atoms with E-state index >= 15 is 0 Å². The normalized spacial score (nSPS) is 26.8. The Hall–Kier alpha value is -1.67. The third kappa shape index (κ3) is 2.59. The van der Waals surface area contributed by atoms with Crippen molar-refractivity contribution in [1.82, 2.24) is 15.2 Å². The van der Waals surface area contributed by atoms with Crippen LogP contribution in [0.1, 0.15) is 22.5 Å². The van der Waals surface area contributed by atoms with Gasteiger partial charge in [-0.1, -0.05) is 0 Å². The zero-order valence-electron chi connectivity index (χ0n) is 12.1. The topological polar surface area (TPSA) is 45.2 Å². The van der Waals surface area contributed by atoms with Gasteiger partial charge in [0.25, 0.3) is 5.91 Å². The number of carbonyl (C=O) groups excluding carboxylic acids is 1. The fraction of sp³-hybridized carbons (Fsp3) is 0.467. The molecule has 0 aromatic carbocycles. The average molecular weight is 341 g/mol. The van der Waals surface area contributed by atoms with E-state index in [0.29, 0.717) is 10.6 Å². The Balaban J connectivity index is 1.60. The van der Waals surface area contributed by atoms with Crippen LogP contribution < -0.4 is 5.32 Å². The van der Waals surface area contributed by atoms with Gasteiger partial charge in [-0.05, 0) is 24.9 Å². The lowest BCUT2D eigenvalue weighted by Crippen LogP contribution is -2.43. The van der Waals surface area contributed by atoms with Gasteiger partial charge < -0.3 is 10.2 Å². The first-order valence-corrected chi connectivity index (χ1v) is 8.27. The van der Waals surface area contributed by atoms with Crippen molar-refractivity contribution in [2.24, 2.45) is 5.92 Å². The SMILES string of the molecule is O=C(NC1CN2CC[C@H]1C2)c1cc2c(C(F)(F)F)csc2cn1. The van der Waals surface area contributed by atoms with Crippen molar-refractivity contribution in [3.05, 3.63) is 28.9 Å². The molecule has 2 bridgehead atoms. The van der Waals surface area contributed by atoms with Crippen LogP contribution in [0.4, 0.5) is 13.2 Å². The maximum Gasteiger partial charge on any atom is 0.417 e. The third-order valence-electron chi connectivity index (χ3n) is 4.65. The number of nitrogens with one attached hydrogen (secondary N) is 1. The lowest BCUT2D eigenvalue weighted by molar-refractivity contribution is -0.136. The molecule has 2 aliphatic heterocycles. The van der Waals surface area contributed by atoms with Gasteiger partial charge >= 0.3 is 6.18 Å². The highest BCUT2D eigenvalue weighted by molar-refractivity contribution is 7.17. The monoisotopic (exact) mass is 341 g/mol. The van der Waals surface area contributed by atoms with E-state index in [-0.39, 0.29) is 17.1 Å². The molecule has 2 aliphatic rings. The number of fused-ring (bicyclic) bond motifs is 3. The molecule has 2 saturated heterocycles. The zero-order valence-corrected chi connectivity index (χ0v) is 12.9. The molecule has 0 radical (unpaired) electrons. The first-order valence-electron chi connectivity index (χ1n) is 7.39. The Kier molecular flexibility index (Phi) is 3.35. The Morgan fingerprint density at radius 1 is 1.39 bits per heavy atom. The number of aromatic nitrogens is 1. The van der Waals surface area contributed by atoms with Crippen LogP contribution in [-0.4, -0.2) is 41.5 Å². The highest BCUT2D eigenvalue weighted by atomic mass is 32.1. The van der Waals surface area contributed by atoms with E-state index in [4.69, 9.17) is 0 Å². The molecule has 3 atom stereocenters. The molecule has 2 aromatic heterocycles. The van der Waals surface area contributed by atoms with Crippen molar-refractivity contribution in [1.29, 1.82) is 0 Å². The van der Waals surface area contributed by atoms with Crippen LogP contribution in [0.3, 0.4) is 0 Å². The predicted molar refractivity (Wildman–Crippen MR) is 80.4 cm³/mol. The van der Waals surface area contributed by atoms with Gasteiger partial charge in [-0.2, -0.15) is 13.2 Å². The van der Waals surface area contributed by atoms with E-state index in [0.717, 1.165) is 42.8 Å². The third-order valence-corrected chi connectivity index (χ3v) is 5.58. The summed E-state index contributed by atoms with van der Waals surface area (Å²) in [5.74, 6) is 0.0412. The van der Waals surface area contributed by atoms with Crippen LogP contribution in [0.2, 0.25) is 0 Å². The molecule has 1 N–H and O–H groups in total. The molecule has 4 heterocycles. The second-order valence-electron chi connectivity index (χ2n) is 6.10. The molecule has 4 nitrogen and oxygen atoms in total. The Morgan fingerprint density at radius 3 is 2.87 bits per heavy atom. The number of carbonyl (C=O) groups is 1. The van der Waals surface area contributed by atoms with Crippen molar-refractivity contribution in [2.45, 2.75) is 18.6 Å². The van der Waals surface area contributed by atoms with E-state index in [1.54, 1.807) is 0 Å². The number of pyridine rings is 1. The van der Waals surface area contributed by atoms with Crippen molar-refractivity contribution in [3.8, 4) is 0 Å². The van der Waals surface area contributed by atoms with Crippen molar-refractivity contribution in [2.75, 3.05) is 19.6 Å². The summed E-state index contributed by atoms with van der Waals surface area (Å²) in [6, 6.07) is 1.32. The Morgan fingerprint density at radius 2 is 2.22 bits per heavy atom. The van der Waals surface area contributed by atoms with Gasteiger partial charge in [0, 0.05) is 36.1 Å². The lowest BCUT2D eigenvalue weighted by atomic mass is 10.00. The Labute approximate surface area is 134 Å². The standard InChI is InChI=1S/C15H14F3N3OS/c16-15(17,18)10-7-23-13-4-19-11(3-9(10)13)14(22)20-12-6-21-2-1-8(12)5-21/h3-4,7-8,12H,1-2,5-6H2,(H,20,22)/t8-,12?/m0/s1. The molecule has 2 aromatic rings. The lowest BCUT2D eigenvalue weighted by Gasteiger charge is -2.22. The molecule has 1 amide bonds. The zero-order chi connectivity index (χ0) is 16.2. The van der Waals surface area contributed by atoms with Gasteiger partial charge in [-0.15, -0.1) is 11.3 Å². The summed E-state index contributed by atoms with van der Waals surface area (Å²) in [7, 11) is 0. The molecular formula is C15H14F3N3OS. The molecule has 23 heavy (non-hydrogen) atoms. The van der Waals surface area contributed by atoms with Gasteiger partial charge in [0.15, 0.2) is 0 Å². The molecular weight excluding hydrogens is 327 g/mol. The second kappa shape index (κ2) is 5.17. The number of alkyl halides is 3. The van der Waals surface area contributed by atoms with Crippen LogP contribution in [0.25, 0.3) is 10.1 Å². The number of halogens is 3. The molecule has 0 aliphatic carbocycles. The number of hydrogen-bond acceptors (Lipinski definition) is 4. The minimum atomic E-state index is -4.43. The minimum Gasteiger partial charge on any atom is -0.346 e. The van der Waals surface area contributed by atoms with E-state index in [1.807, 2.05) is 0 Å². The first kappa shape index (κ1) is 14.9. The van der Waals surface area contributed by atoms with E-state index < -0.39 is 17.6 Å². The van der Waals surface area contributed by atoms with Crippen molar-refractivity contribution < 1.29 is 18.0 Å². The van der Waals surface area contributed by atoms with Crippen LogP contribution in [0, 0.1) is 5.92 Å². The molecule has 0 spiro atoms. The maximum absolute atomic E-state index is 13.0. The van der Waals surface area contributed by atoms with Crippen molar-refractivity contribution in [3.63, 3.8) is 0 Å². The molecule has 2 fully saturated rings. The van der Waals surface area contributed by atoms with Crippen molar-refractivity contribution >= 4 is 27.3 Å². The largest absolute Gasteiger partial charge is 0.417 e. The smallest absolute Gasteiger partial charge is 0.346 e. The summed E-state index contributed by atoms with van der Waals surface area (Å²) in [6.45, 7) is 2.86. The van der Waals surface area contributed by atoms with Crippen LogP contribution in [-0.2, 0) is 6.18 Å². The Bertz CT molecular complexity index is 773. The average Bonchev–Trinajstić information content (AvgIpc) is 3.20. The summed E-state index contributed by atoms with van der Waals surface area (Å²) in [4.78, 5) is 18.6. The number of piperidine rings is 1. The molecule has 122 valence electrons. The summed E-state index contributed by atoms with van der Waals surface area (Å²) >= 11 is 0.983. The number of nitrogens with zero attached hydrogens (tertiary/aromatic N) is 2. The molecule has 2 unspecified atom stereocenters. The van der Waals surface area contributed by atoms with E-state index in [1.165, 1.54) is 12.3 Å². The van der Waals surface area contributed by atoms with Gasteiger partial charge in [0.1, 0.15) is 5.69 Å². The molecule has 4 rings (SSSR count). The predicted octanol–water partition coefficient (Wildman–Crippen LogP) is 2.75. The number of hydrogen-bond donors (Lipinski definition) is 1. The fourth-order valence-corrected chi connectivity index (χ4v) is 4.38. The molecule has 0 saturated carbocycles. The highest BCUT2D eigenvalue weighted by Crippen LogP contribution is 2.38. The van der Waals surface area contributed by atoms with Gasteiger partial charge in [0.05, 0.1) is 10.3 Å². The second-order valence-corrected chi connectivity index (χ2v) is 7.01. The van der Waals surface area contributed by atoms with E-state index in [2.05, 4.69) is 15.2 Å². The first-order chi connectivity index (χ1) is 10.9. The summed E-state index contributed by atoms with van der Waals surface area (Å²) in [6.07, 6.45) is -2.03. The van der Waals surface area contributed by atoms with Crippen LogP contribution >= 0.6 is 11.3 Å². The number of thiophene rings is 1. The van der Waals surface area contributed by atoms with E-state index in [9.17, 15) is 18.0 Å². The fourth-order valence-electron chi connectivity index (χ4n) is 3.47. The number of rotatable bonds is 2. The quantitative estimate of drug-likeness (QED) is 0.914. The maximum atomic E-state index is 13.0. The molecule has 8 heteroatoms. The summed E-state index contributed by atoms with van der Waals surface area (Å²) in [5, 5.41) is 4.03. The van der Waals surface area contributed by atoms with Crippen LogP contribution in [0.15, 0.2) is 17.6 Å². The van der Waals surface area contributed by atoms with Gasteiger partial charge in [-0.25, -0.2) is 4.98 Å². The van der Waals surface area contributed by atoms with Crippen LogP contribution in [0.5, 0.6) is 0 Å². The summed E-state index contributed by atoms with van der Waals surface area (Å²) < 4.78 is 39.4.